The maximum Gasteiger partial charge on any atom is 0.472 e. The highest BCUT2D eigenvalue weighted by Gasteiger charge is 2.56. The van der Waals surface area contributed by atoms with Crippen LogP contribution in [0, 0.1) is 0 Å². The Balaban J connectivity index is 1.55. The first-order valence-corrected chi connectivity index (χ1v) is 18.5. The molecule has 1 fully saturated rings. The molecule has 0 spiro atoms. The number of nitrogens with one attached hydrogen (secondary N) is 1. The highest BCUT2D eigenvalue weighted by atomic mass is 32.2. The lowest BCUT2D eigenvalue weighted by Gasteiger charge is -2.32. The number of amides is 2. The zero-order chi connectivity index (χ0) is 35.1. The number of ether oxygens (including phenoxy) is 1. The fourth-order valence-corrected chi connectivity index (χ4v) is 6.97. The quantitative estimate of drug-likeness (QED) is 0.0480. The van der Waals surface area contributed by atoms with Crippen molar-refractivity contribution in [1.29, 1.82) is 0 Å². The number of phosphoric ester groups is 1. The zero-order valence-electron chi connectivity index (χ0n) is 26.0. The number of hydrogen-bond acceptors (Lipinski definition) is 8. The van der Waals surface area contributed by atoms with Gasteiger partial charge in [0.15, 0.2) is 18.2 Å². The number of phosphoric acid groups is 1. The molecule has 276 valence electrons. The van der Waals surface area contributed by atoms with E-state index in [0.29, 0.717) is 23.3 Å². The summed E-state index contributed by atoms with van der Waals surface area (Å²) in [5, 5.41) is 21.3. The van der Waals surface area contributed by atoms with Gasteiger partial charge in [-0.3, -0.25) is 13.9 Å². The van der Waals surface area contributed by atoms with Gasteiger partial charge in [0.05, 0.1) is 12.7 Å². The van der Waals surface area contributed by atoms with Crippen LogP contribution in [0.25, 0.3) is 0 Å². The van der Waals surface area contributed by atoms with Gasteiger partial charge in [-0.05, 0) is 18.6 Å². The fourth-order valence-electron chi connectivity index (χ4n) is 5.12. The minimum Gasteiger partial charge on any atom is -0.390 e. The molecule has 4 N–H and O–H groups in total. The number of rotatable bonds is 23. The van der Waals surface area contributed by atoms with Crippen LogP contribution < -0.4 is 5.32 Å². The average molecular weight is 735 g/mol. The second-order valence-electron chi connectivity index (χ2n) is 11.6. The number of carbonyl (C=O) groups excluding carboxylic acids is 1. The molecule has 2 rings (SSSR count). The standard InChI is InChI=1S/C28H46F7N2O8PS/c29-20-19-37(26(40)36-25(20)39)22-18-21(38)23(44-22)24(28(33,34)35)45-46(41,42)43-15-17-47-16-13-11-9-7-5-3-1-2-4-6-8-10-12-14-27(30,31)32/h19,21-25,38-39H,1-18H2,(H,36,40)(H,41,42)/t21-,22+,23-,24-,25?/m0/s1. The van der Waals surface area contributed by atoms with Crippen molar-refractivity contribution in [3.05, 3.63) is 12.0 Å². The number of hydrogen-bond donors (Lipinski definition) is 4. The molecule has 2 aliphatic heterocycles. The van der Waals surface area contributed by atoms with Crippen molar-refractivity contribution >= 4 is 25.6 Å². The molecule has 2 aliphatic rings. The summed E-state index contributed by atoms with van der Waals surface area (Å²) in [6.45, 7) is -0.381. The van der Waals surface area contributed by atoms with Crippen LogP contribution in [-0.4, -0.2) is 87.3 Å². The van der Waals surface area contributed by atoms with Crippen molar-refractivity contribution < 1.29 is 69.0 Å². The fraction of sp³-hybridized carbons (Fsp3) is 0.893. The summed E-state index contributed by atoms with van der Waals surface area (Å²) in [6.07, 6.45) is -8.88. The summed E-state index contributed by atoms with van der Waals surface area (Å²) >= 11 is 1.39. The summed E-state index contributed by atoms with van der Waals surface area (Å²) in [7, 11) is -5.26. The summed E-state index contributed by atoms with van der Waals surface area (Å²) < 4.78 is 118. The number of urea groups is 1. The molecule has 0 aromatic carbocycles. The molecule has 10 nitrogen and oxygen atoms in total. The van der Waals surface area contributed by atoms with Crippen molar-refractivity contribution in [2.45, 2.75) is 139 Å². The smallest absolute Gasteiger partial charge is 0.390 e. The molecule has 19 heteroatoms. The average Bonchev–Trinajstić information content (AvgIpc) is 3.34. The number of aliphatic hydroxyl groups is 2. The molecule has 0 radical (unpaired) electrons. The largest absolute Gasteiger partial charge is 0.472 e. The van der Waals surface area contributed by atoms with Crippen LogP contribution in [0.4, 0.5) is 35.5 Å². The Hall–Kier alpha value is -1.14. The lowest BCUT2D eigenvalue weighted by molar-refractivity contribution is -0.240. The van der Waals surface area contributed by atoms with E-state index in [1.54, 1.807) is 0 Å². The number of thioether (sulfide) groups is 1. The second-order valence-corrected chi connectivity index (χ2v) is 14.2. The number of carbonyl (C=O) groups is 1. The molecule has 1 saturated heterocycles. The van der Waals surface area contributed by atoms with Gasteiger partial charge in [0, 0.05) is 24.8 Å². The molecule has 0 aromatic rings. The Labute approximate surface area is 274 Å². The first-order valence-electron chi connectivity index (χ1n) is 15.8. The van der Waals surface area contributed by atoms with Crippen molar-refractivity contribution in [3.63, 3.8) is 0 Å². The Morgan fingerprint density at radius 3 is 2.00 bits per heavy atom. The van der Waals surface area contributed by atoms with E-state index in [4.69, 9.17) is 9.26 Å². The van der Waals surface area contributed by atoms with E-state index >= 15 is 0 Å². The van der Waals surface area contributed by atoms with Gasteiger partial charge in [-0.25, -0.2) is 13.8 Å². The number of alkyl halides is 6. The Morgan fingerprint density at radius 1 is 0.936 bits per heavy atom. The first-order chi connectivity index (χ1) is 22.0. The Kier molecular flexibility index (Phi) is 18.3. The van der Waals surface area contributed by atoms with Crippen LogP contribution >= 0.6 is 19.6 Å². The van der Waals surface area contributed by atoms with Crippen LogP contribution in [0.1, 0.15) is 96.3 Å². The lowest BCUT2D eigenvalue weighted by Crippen LogP contribution is -2.51. The third-order valence-corrected chi connectivity index (χ3v) is 9.60. The normalized spacial score (nSPS) is 24.3. The van der Waals surface area contributed by atoms with E-state index in [-0.39, 0.29) is 18.8 Å². The summed E-state index contributed by atoms with van der Waals surface area (Å²) in [4.78, 5) is 22.5. The first kappa shape index (κ1) is 42.0. The van der Waals surface area contributed by atoms with Gasteiger partial charge >= 0.3 is 26.2 Å². The van der Waals surface area contributed by atoms with E-state index in [2.05, 4.69) is 4.52 Å². The molecule has 0 saturated carbocycles. The number of aliphatic hydroxyl groups excluding tert-OH is 2. The minimum atomic E-state index is -5.29. The van der Waals surface area contributed by atoms with Gasteiger partial charge in [-0.1, -0.05) is 70.6 Å². The molecule has 2 heterocycles. The second kappa shape index (κ2) is 20.5. The Morgan fingerprint density at radius 2 is 1.47 bits per heavy atom. The van der Waals surface area contributed by atoms with Crippen LogP contribution in [0.3, 0.4) is 0 Å². The highest BCUT2D eigenvalue weighted by molar-refractivity contribution is 7.99. The molecule has 0 aliphatic carbocycles. The molecule has 2 amide bonds. The van der Waals surface area contributed by atoms with Crippen LogP contribution in [0.15, 0.2) is 12.0 Å². The van der Waals surface area contributed by atoms with Gasteiger partial charge < -0.3 is 25.2 Å². The maximum atomic E-state index is 13.8. The topological polar surface area (TPSA) is 138 Å². The van der Waals surface area contributed by atoms with Crippen molar-refractivity contribution in [2.75, 3.05) is 18.1 Å². The van der Waals surface area contributed by atoms with Gasteiger partial charge in [-0.15, -0.1) is 0 Å². The minimum absolute atomic E-state index is 0.202. The van der Waals surface area contributed by atoms with E-state index in [9.17, 15) is 55.2 Å². The summed E-state index contributed by atoms with van der Waals surface area (Å²) in [6, 6.07) is -1.10. The molecule has 2 unspecified atom stereocenters. The molecular weight excluding hydrogens is 688 g/mol. The summed E-state index contributed by atoms with van der Waals surface area (Å²) in [5.41, 5.74) is 0. The zero-order valence-corrected chi connectivity index (χ0v) is 27.7. The van der Waals surface area contributed by atoms with Crippen LogP contribution in [-0.2, 0) is 18.3 Å². The lowest BCUT2D eigenvalue weighted by atomic mass is 10.0. The van der Waals surface area contributed by atoms with Gasteiger partial charge in [-0.2, -0.15) is 38.1 Å². The predicted molar refractivity (Wildman–Crippen MR) is 160 cm³/mol. The molecule has 47 heavy (non-hydrogen) atoms. The van der Waals surface area contributed by atoms with Crippen molar-refractivity contribution in [3.8, 4) is 0 Å². The molecule has 0 bridgehead atoms. The highest BCUT2D eigenvalue weighted by Crippen LogP contribution is 2.49. The van der Waals surface area contributed by atoms with Gasteiger partial charge in [0.25, 0.3) is 0 Å². The third kappa shape index (κ3) is 16.9. The SMILES string of the molecule is O=C1NC(O)C(F)=CN1[C@H]1C[C@H](O)[C@@H]([C@H](OP(=O)(O)OCCSCCCCCCCCCCCCCCCC(F)(F)F)C(F)(F)F)O1. The van der Waals surface area contributed by atoms with Gasteiger partial charge in [0.1, 0.15) is 12.3 Å². The monoisotopic (exact) mass is 734 g/mol. The van der Waals surface area contributed by atoms with Crippen molar-refractivity contribution in [2.24, 2.45) is 0 Å². The Bertz CT molecular complexity index is 1010. The van der Waals surface area contributed by atoms with E-state index in [1.807, 2.05) is 5.32 Å². The van der Waals surface area contributed by atoms with E-state index < -0.39 is 75.6 Å². The van der Waals surface area contributed by atoms with E-state index in [0.717, 1.165) is 70.6 Å². The predicted octanol–water partition coefficient (Wildman–Crippen LogP) is 7.44. The third-order valence-electron chi connectivity index (χ3n) is 7.56. The van der Waals surface area contributed by atoms with Crippen LogP contribution in [0.5, 0.6) is 0 Å². The van der Waals surface area contributed by atoms with Gasteiger partial charge in [0.2, 0.25) is 0 Å². The van der Waals surface area contributed by atoms with Crippen LogP contribution in [0.2, 0.25) is 0 Å². The number of nitrogens with zero attached hydrogens (tertiary/aromatic N) is 1. The molecular formula is C28H46F7N2O8PS. The molecule has 6 atom stereocenters. The molecule has 0 aromatic heterocycles. The maximum absolute atomic E-state index is 13.8. The summed E-state index contributed by atoms with van der Waals surface area (Å²) in [5.74, 6) is -0.294. The van der Waals surface area contributed by atoms with Crippen molar-refractivity contribution in [1.82, 2.24) is 10.2 Å². The number of halogens is 7. The van der Waals surface area contributed by atoms with E-state index in [1.165, 1.54) is 11.8 Å². The number of unbranched alkanes of at least 4 members (excludes halogenated alkanes) is 12.